The number of amides is 2. The van der Waals surface area contributed by atoms with Crippen molar-refractivity contribution in [2.45, 2.75) is 32.7 Å². The Balaban J connectivity index is 1.63. The molecule has 1 aliphatic rings. The Morgan fingerprint density at radius 3 is 2.84 bits per heavy atom. The molecule has 2 amide bonds. The zero-order valence-corrected chi connectivity index (χ0v) is 15.2. The van der Waals surface area contributed by atoms with Crippen molar-refractivity contribution < 1.29 is 9.59 Å². The minimum absolute atomic E-state index is 0.0618. The van der Waals surface area contributed by atoms with Gasteiger partial charge in [-0.1, -0.05) is 24.3 Å². The van der Waals surface area contributed by atoms with Crippen LogP contribution in [0.5, 0.6) is 0 Å². The molecular formula is C19H21N3O2S. The van der Waals surface area contributed by atoms with Gasteiger partial charge in [-0.2, -0.15) is 0 Å². The molecule has 0 saturated heterocycles. The van der Waals surface area contributed by atoms with Crippen molar-refractivity contribution >= 4 is 29.2 Å². The third-order valence-corrected chi connectivity index (χ3v) is 5.04. The van der Waals surface area contributed by atoms with Crippen LogP contribution in [0.25, 0.3) is 6.08 Å². The van der Waals surface area contributed by atoms with E-state index in [-0.39, 0.29) is 24.3 Å². The van der Waals surface area contributed by atoms with Gasteiger partial charge in [-0.3, -0.25) is 9.59 Å². The number of rotatable bonds is 5. The number of fused-ring (bicyclic) bond motifs is 1. The second-order valence-corrected chi connectivity index (χ2v) is 7.11. The molecule has 0 aliphatic carbocycles. The summed E-state index contributed by atoms with van der Waals surface area (Å²) in [4.78, 5) is 30.4. The number of aromatic nitrogens is 1. The zero-order valence-electron chi connectivity index (χ0n) is 14.4. The fourth-order valence-electron chi connectivity index (χ4n) is 3.01. The normalized spacial score (nSPS) is 15.8. The molecule has 2 heterocycles. The van der Waals surface area contributed by atoms with E-state index in [9.17, 15) is 9.59 Å². The first kappa shape index (κ1) is 17.4. The van der Waals surface area contributed by atoms with Crippen molar-refractivity contribution in [1.29, 1.82) is 0 Å². The lowest BCUT2D eigenvalue weighted by atomic mass is 9.93. The molecule has 2 aromatic rings. The van der Waals surface area contributed by atoms with Gasteiger partial charge in [0.05, 0.1) is 23.2 Å². The lowest BCUT2D eigenvalue weighted by Crippen LogP contribution is -2.35. The molecule has 1 aromatic heterocycles. The van der Waals surface area contributed by atoms with Gasteiger partial charge < -0.3 is 10.2 Å². The van der Waals surface area contributed by atoms with Crippen molar-refractivity contribution in [3.8, 4) is 0 Å². The summed E-state index contributed by atoms with van der Waals surface area (Å²) in [6.45, 7) is 4.04. The topological polar surface area (TPSA) is 62.3 Å². The first-order valence-electron chi connectivity index (χ1n) is 8.28. The highest BCUT2D eigenvalue weighted by Crippen LogP contribution is 2.32. The Hall–Kier alpha value is -2.47. The second-order valence-electron chi connectivity index (χ2n) is 6.05. The number of benzene rings is 1. The highest BCUT2D eigenvalue weighted by atomic mass is 32.1. The summed E-state index contributed by atoms with van der Waals surface area (Å²) in [5.41, 5.74) is 3.06. The lowest BCUT2D eigenvalue weighted by molar-refractivity contribution is -0.129. The lowest BCUT2D eigenvalue weighted by Gasteiger charge is -2.32. The number of aryl methyl sites for hydroxylation is 1. The van der Waals surface area contributed by atoms with Gasteiger partial charge in [-0.05, 0) is 24.1 Å². The van der Waals surface area contributed by atoms with Crippen LogP contribution < -0.4 is 5.32 Å². The van der Waals surface area contributed by atoms with Crippen LogP contribution >= 0.6 is 11.3 Å². The third-order valence-electron chi connectivity index (χ3n) is 4.22. The molecular weight excluding hydrogens is 334 g/mol. The fraction of sp³-hybridized carbons (Fsp3) is 0.316. The van der Waals surface area contributed by atoms with Crippen molar-refractivity contribution in [2.75, 3.05) is 6.54 Å². The van der Waals surface area contributed by atoms with Crippen molar-refractivity contribution in [3.05, 3.63) is 57.7 Å². The maximum atomic E-state index is 12.4. The summed E-state index contributed by atoms with van der Waals surface area (Å²) < 4.78 is 0. The Morgan fingerprint density at radius 1 is 1.32 bits per heavy atom. The molecule has 0 fully saturated rings. The van der Waals surface area contributed by atoms with Crippen LogP contribution in [0, 0.1) is 6.92 Å². The number of carbonyl (C=O) groups is 2. The Kier molecular flexibility index (Phi) is 5.28. The third kappa shape index (κ3) is 4.14. The maximum Gasteiger partial charge on any atom is 0.223 e. The predicted molar refractivity (Wildman–Crippen MR) is 98.9 cm³/mol. The van der Waals surface area contributed by atoms with Crippen LogP contribution in [0.2, 0.25) is 0 Å². The van der Waals surface area contributed by atoms with E-state index in [0.717, 1.165) is 21.8 Å². The summed E-state index contributed by atoms with van der Waals surface area (Å²) in [5, 5.41) is 5.99. The van der Waals surface area contributed by atoms with Crippen molar-refractivity contribution in [3.63, 3.8) is 0 Å². The molecule has 1 N–H and O–H groups in total. The van der Waals surface area contributed by atoms with Gasteiger partial charge >= 0.3 is 0 Å². The molecule has 6 heteroatoms. The minimum Gasteiger partial charge on any atom is -0.356 e. The van der Waals surface area contributed by atoms with Crippen LogP contribution in [-0.2, 0) is 16.0 Å². The van der Waals surface area contributed by atoms with E-state index in [0.29, 0.717) is 13.0 Å². The van der Waals surface area contributed by atoms with Crippen LogP contribution in [0.3, 0.4) is 0 Å². The van der Waals surface area contributed by atoms with Crippen LogP contribution in [-0.4, -0.2) is 28.2 Å². The van der Waals surface area contributed by atoms with E-state index in [4.69, 9.17) is 0 Å². The van der Waals surface area contributed by atoms with E-state index < -0.39 is 0 Å². The first-order chi connectivity index (χ1) is 12.0. The highest BCUT2D eigenvalue weighted by molar-refractivity contribution is 7.09. The van der Waals surface area contributed by atoms with E-state index in [1.807, 2.05) is 42.6 Å². The second kappa shape index (κ2) is 7.61. The monoisotopic (exact) mass is 355 g/mol. The van der Waals surface area contributed by atoms with E-state index in [2.05, 4.69) is 10.3 Å². The molecule has 1 aromatic carbocycles. The molecule has 0 bridgehead atoms. The summed E-state index contributed by atoms with van der Waals surface area (Å²) in [6, 6.07) is 7.61. The van der Waals surface area contributed by atoms with Gasteiger partial charge in [0.25, 0.3) is 0 Å². The number of nitrogens with zero attached hydrogens (tertiary/aromatic N) is 2. The van der Waals surface area contributed by atoms with Crippen LogP contribution in [0.1, 0.15) is 41.2 Å². The molecule has 25 heavy (non-hydrogen) atoms. The number of thiazole rings is 1. The Bertz CT molecular complexity index is 813. The Labute approximate surface area is 151 Å². The molecule has 0 spiro atoms. The van der Waals surface area contributed by atoms with Crippen LogP contribution in [0.15, 0.2) is 35.8 Å². The molecule has 3 rings (SSSR count). The number of hydrogen-bond donors (Lipinski definition) is 1. The average molecular weight is 355 g/mol. The molecule has 0 saturated carbocycles. The number of nitrogens with one attached hydrogen (secondary N) is 1. The first-order valence-corrected chi connectivity index (χ1v) is 9.16. The summed E-state index contributed by atoms with van der Waals surface area (Å²) in [7, 11) is 0. The number of hydrogen-bond acceptors (Lipinski definition) is 4. The standard InChI is InChI=1S/C19H21N3O2S/c1-13-21-16(12-25-13)7-9-20-19(24)11-18-17-6-4-3-5-15(17)8-10-22(18)14(2)23/h3-6,8,10,12,18H,7,9,11H2,1-2H3,(H,20,24)/t18-/m0/s1. The molecule has 1 aliphatic heterocycles. The predicted octanol–water partition coefficient (Wildman–Crippen LogP) is 3.07. The molecule has 1 atom stereocenters. The highest BCUT2D eigenvalue weighted by Gasteiger charge is 2.27. The fourth-order valence-corrected chi connectivity index (χ4v) is 3.66. The van der Waals surface area contributed by atoms with Crippen molar-refractivity contribution in [1.82, 2.24) is 15.2 Å². The number of carbonyl (C=O) groups excluding carboxylic acids is 2. The zero-order chi connectivity index (χ0) is 17.8. The molecule has 0 radical (unpaired) electrons. The quantitative estimate of drug-likeness (QED) is 0.896. The van der Waals surface area contributed by atoms with E-state index in [1.54, 1.807) is 22.4 Å². The summed E-state index contributed by atoms with van der Waals surface area (Å²) in [6.07, 6.45) is 4.64. The summed E-state index contributed by atoms with van der Waals surface area (Å²) in [5.74, 6) is -0.130. The Morgan fingerprint density at radius 2 is 2.12 bits per heavy atom. The van der Waals surface area contributed by atoms with E-state index >= 15 is 0 Å². The smallest absolute Gasteiger partial charge is 0.223 e. The van der Waals surface area contributed by atoms with Gasteiger partial charge in [0, 0.05) is 31.5 Å². The molecule has 0 unspecified atom stereocenters. The average Bonchev–Trinajstić information content (AvgIpc) is 3.00. The molecule has 5 nitrogen and oxygen atoms in total. The largest absolute Gasteiger partial charge is 0.356 e. The van der Waals surface area contributed by atoms with Crippen LogP contribution in [0.4, 0.5) is 0 Å². The minimum atomic E-state index is -0.264. The molecule has 130 valence electrons. The van der Waals surface area contributed by atoms with Gasteiger partial charge in [0.15, 0.2) is 0 Å². The van der Waals surface area contributed by atoms with Gasteiger partial charge in [0.1, 0.15) is 0 Å². The van der Waals surface area contributed by atoms with E-state index in [1.165, 1.54) is 6.92 Å². The summed E-state index contributed by atoms with van der Waals surface area (Å²) >= 11 is 1.61. The SMILES string of the molecule is CC(=O)N1C=Cc2ccccc2[C@@H]1CC(=O)NCCc1csc(C)n1. The maximum absolute atomic E-state index is 12.4. The van der Waals surface area contributed by atoms with Gasteiger partial charge in [0.2, 0.25) is 11.8 Å². The van der Waals surface area contributed by atoms with Gasteiger partial charge in [-0.25, -0.2) is 4.98 Å². The van der Waals surface area contributed by atoms with Crippen molar-refractivity contribution in [2.24, 2.45) is 0 Å². The van der Waals surface area contributed by atoms with Gasteiger partial charge in [-0.15, -0.1) is 11.3 Å².